The van der Waals surface area contributed by atoms with Gasteiger partial charge in [0.15, 0.2) is 0 Å². The molecule has 0 saturated heterocycles. The highest BCUT2D eigenvalue weighted by Gasteiger charge is 2.09. The van der Waals surface area contributed by atoms with Gasteiger partial charge in [0.2, 0.25) is 5.90 Å². The molecule has 15 heavy (non-hydrogen) atoms. The van der Waals surface area contributed by atoms with Gasteiger partial charge in [-0.15, -0.1) is 17.5 Å². The molecule has 0 spiro atoms. The molecule has 0 atom stereocenters. The van der Waals surface area contributed by atoms with Crippen LogP contribution in [0, 0.1) is 5.41 Å². The molecule has 0 bridgehead atoms. The summed E-state index contributed by atoms with van der Waals surface area (Å²) in [6.07, 6.45) is 0. The molecule has 1 aromatic carbocycles. The van der Waals surface area contributed by atoms with Crippen LogP contribution < -0.4 is 0 Å². The Morgan fingerprint density at radius 1 is 1.53 bits per heavy atom. The first-order valence-corrected chi connectivity index (χ1v) is 5.03. The summed E-state index contributed by atoms with van der Waals surface area (Å²) in [5, 5.41) is 11.6. The van der Waals surface area contributed by atoms with Gasteiger partial charge in [0.05, 0.1) is 16.9 Å². The number of nitrogens with one attached hydrogen (secondary N) is 1. The molecule has 0 aliphatic rings. The maximum absolute atomic E-state index is 7.68. The summed E-state index contributed by atoms with van der Waals surface area (Å²) in [6.45, 7) is 2.36. The Hall–Kier alpha value is -1.20. The third-order valence-electron chi connectivity index (χ3n) is 1.81. The lowest BCUT2D eigenvalue weighted by atomic mass is 10.2. The Bertz CT molecular complexity index is 471. The number of nitrogens with zero attached hydrogens (tertiary/aromatic N) is 2. The zero-order chi connectivity index (χ0) is 9.97. The van der Waals surface area contributed by atoms with E-state index in [1.807, 2.05) is 25.1 Å². The number of hydrogen-bond donors (Lipinski definition) is 1. The van der Waals surface area contributed by atoms with Crippen LogP contribution in [0.2, 0.25) is 0 Å². The van der Waals surface area contributed by atoms with Gasteiger partial charge in [0.1, 0.15) is 5.52 Å². The van der Waals surface area contributed by atoms with Crippen molar-refractivity contribution in [2.45, 2.75) is 6.92 Å². The summed E-state index contributed by atoms with van der Waals surface area (Å²) >= 11 is 1.29. The zero-order valence-electron chi connectivity index (χ0n) is 8.06. The van der Waals surface area contributed by atoms with Crippen LogP contribution in [0.1, 0.15) is 12.5 Å². The second-order valence-electron chi connectivity index (χ2n) is 2.69. The quantitative estimate of drug-likeness (QED) is 0.651. The number of ether oxygens (including phenoxy) is 1. The summed E-state index contributed by atoms with van der Waals surface area (Å²) in [5.41, 5.74) is 1.58. The smallest absolute Gasteiger partial charge is 0.214 e. The van der Waals surface area contributed by atoms with Crippen LogP contribution in [0.25, 0.3) is 10.2 Å². The first kappa shape index (κ1) is 11.9. The predicted molar refractivity (Wildman–Crippen MR) is 63.1 cm³/mol. The maximum atomic E-state index is 7.68. The van der Waals surface area contributed by atoms with Gasteiger partial charge in [-0.2, -0.15) is 0 Å². The van der Waals surface area contributed by atoms with E-state index in [9.17, 15) is 0 Å². The fourth-order valence-electron chi connectivity index (χ4n) is 1.21. The van der Waals surface area contributed by atoms with Crippen molar-refractivity contribution >= 4 is 40.1 Å². The Balaban J connectivity index is 0.00000112. The molecule has 1 heterocycles. The summed E-state index contributed by atoms with van der Waals surface area (Å²) in [6, 6.07) is 5.58. The van der Waals surface area contributed by atoms with E-state index in [1.54, 1.807) is 0 Å². The van der Waals surface area contributed by atoms with Crippen molar-refractivity contribution in [2.75, 3.05) is 6.61 Å². The summed E-state index contributed by atoms with van der Waals surface area (Å²) < 4.78 is 9.89. The lowest BCUT2D eigenvalue weighted by molar-refractivity contribution is 0.326. The SMILES string of the molecule is CCOC(=N)c1cccc2nnsc12.Cl. The molecule has 0 radical (unpaired) electrons. The van der Waals surface area contributed by atoms with Gasteiger partial charge < -0.3 is 4.74 Å². The van der Waals surface area contributed by atoms with Crippen LogP contribution >= 0.6 is 23.9 Å². The van der Waals surface area contributed by atoms with Gasteiger partial charge in [0.25, 0.3) is 0 Å². The van der Waals surface area contributed by atoms with Gasteiger partial charge in [-0.3, -0.25) is 5.41 Å². The number of hydrogen-bond acceptors (Lipinski definition) is 5. The number of aromatic nitrogens is 2. The fraction of sp³-hybridized carbons (Fsp3) is 0.222. The van der Waals surface area contributed by atoms with Crippen molar-refractivity contribution in [3.63, 3.8) is 0 Å². The summed E-state index contributed by atoms with van der Waals surface area (Å²) in [4.78, 5) is 0. The van der Waals surface area contributed by atoms with Crippen molar-refractivity contribution in [3.8, 4) is 0 Å². The van der Waals surface area contributed by atoms with Gasteiger partial charge in [0, 0.05) is 0 Å². The molecule has 1 N–H and O–H groups in total. The van der Waals surface area contributed by atoms with Crippen LogP contribution in [0.5, 0.6) is 0 Å². The highest BCUT2D eigenvalue weighted by Crippen LogP contribution is 2.20. The number of halogens is 1. The van der Waals surface area contributed by atoms with Crippen LogP contribution in [0.3, 0.4) is 0 Å². The normalized spacial score (nSPS) is 9.67. The van der Waals surface area contributed by atoms with Crippen molar-refractivity contribution in [1.82, 2.24) is 9.59 Å². The highest BCUT2D eigenvalue weighted by atomic mass is 35.5. The van der Waals surface area contributed by atoms with Crippen molar-refractivity contribution in [2.24, 2.45) is 0 Å². The molecule has 2 rings (SSSR count). The molecule has 0 amide bonds. The van der Waals surface area contributed by atoms with E-state index in [0.717, 1.165) is 15.8 Å². The Labute approximate surface area is 97.3 Å². The van der Waals surface area contributed by atoms with Gasteiger partial charge in [-0.25, -0.2) is 0 Å². The lowest BCUT2D eigenvalue weighted by Crippen LogP contribution is -2.04. The standard InChI is InChI=1S/C9H9N3OS.ClH/c1-2-13-9(10)6-4-3-5-7-8(6)14-12-11-7;/h3-5,10H,2H2,1H3;1H. The van der Waals surface area contributed by atoms with Gasteiger partial charge in [-0.05, 0) is 30.6 Å². The van der Waals surface area contributed by atoms with Gasteiger partial charge in [-0.1, -0.05) is 10.6 Å². The summed E-state index contributed by atoms with van der Waals surface area (Å²) in [7, 11) is 0. The van der Waals surface area contributed by atoms with E-state index < -0.39 is 0 Å². The zero-order valence-corrected chi connectivity index (χ0v) is 9.69. The number of benzene rings is 1. The van der Waals surface area contributed by atoms with Crippen molar-refractivity contribution in [3.05, 3.63) is 23.8 Å². The first-order valence-electron chi connectivity index (χ1n) is 4.25. The number of rotatable bonds is 2. The fourth-order valence-corrected chi connectivity index (χ4v) is 1.88. The Morgan fingerprint density at radius 3 is 3.07 bits per heavy atom. The average Bonchev–Trinajstić information content (AvgIpc) is 2.65. The third-order valence-corrected chi connectivity index (χ3v) is 2.58. The molecule has 0 fully saturated rings. The first-order chi connectivity index (χ1) is 6.83. The molecular formula is C9H10ClN3OS. The molecule has 0 aliphatic heterocycles. The minimum Gasteiger partial charge on any atom is -0.478 e. The molecular weight excluding hydrogens is 234 g/mol. The highest BCUT2D eigenvalue weighted by molar-refractivity contribution is 7.13. The van der Waals surface area contributed by atoms with E-state index in [2.05, 4.69) is 9.59 Å². The van der Waals surface area contributed by atoms with Crippen molar-refractivity contribution < 1.29 is 4.74 Å². The third kappa shape index (κ3) is 2.24. The molecule has 1 aromatic heterocycles. The van der Waals surface area contributed by atoms with E-state index in [1.165, 1.54) is 11.5 Å². The second kappa shape index (κ2) is 5.04. The van der Waals surface area contributed by atoms with Crippen LogP contribution in [0.4, 0.5) is 0 Å². The number of fused-ring (bicyclic) bond motifs is 1. The largest absolute Gasteiger partial charge is 0.478 e. The van der Waals surface area contributed by atoms with E-state index in [0.29, 0.717) is 6.61 Å². The van der Waals surface area contributed by atoms with Gasteiger partial charge >= 0.3 is 0 Å². The van der Waals surface area contributed by atoms with E-state index in [-0.39, 0.29) is 18.3 Å². The molecule has 0 unspecified atom stereocenters. The van der Waals surface area contributed by atoms with Crippen molar-refractivity contribution in [1.29, 1.82) is 5.41 Å². The van der Waals surface area contributed by atoms with E-state index >= 15 is 0 Å². The lowest BCUT2D eigenvalue weighted by Gasteiger charge is -2.04. The van der Waals surface area contributed by atoms with Crippen LogP contribution in [-0.2, 0) is 4.74 Å². The molecule has 0 aliphatic carbocycles. The molecule has 2 aromatic rings. The maximum Gasteiger partial charge on any atom is 0.214 e. The van der Waals surface area contributed by atoms with E-state index in [4.69, 9.17) is 10.1 Å². The predicted octanol–water partition coefficient (Wildman–Crippen LogP) is 2.47. The minimum atomic E-state index is 0. The molecule has 6 heteroatoms. The summed E-state index contributed by atoms with van der Waals surface area (Å²) in [5.74, 6) is 0.184. The second-order valence-corrected chi connectivity index (χ2v) is 3.44. The van der Waals surface area contributed by atoms with Crippen LogP contribution in [-0.4, -0.2) is 22.1 Å². The topological polar surface area (TPSA) is 58.9 Å². The molecule has 4 nitrogen and oxygen atoms in total. The average molecular weight is 244 g/mol. The molecule has 0 saturated carbocycles. The monoisotopic (exact) mass is 243 g/mol. The Morgan fingerprint density at radius 2 is 2.33 bits per heavy atom. The van der Waals surface area contributed by atoms with Crippen LogP contribution in [0.15, 0.2) is 18.2 Å². The molecule has 80 valence electrons. The minimum absolute atomic E-state index is 0. The Kier molecular flexibility index (Phi) is 3.99.